The highest BCUT2D eigenvalue weighted by Crippen LogP contribution is 2.27. The van der Waals surface area contributed by atoms with E-state index < -0.39 is 6.10 Å². The standard InChI is InChI=1S/C16H20N2O4/c1-11-4-6-13(7-5-11)22-10-12(19)9-18-15(20)14-3-2-8-17(14)16(18)21/h4-7,12,14,19H,2-3,8-10H2,1H3/t12-,14+/m1/s1. The number of carbonyl (C=O) groups is 2. The van der Waals surface area contributed by atoms with Gasteiger partial charge in [-0.05, 0) is 31.9 Å². The van der Waals surface area contributed by atoms with Crippen molar-refractivity contribution in [3.63, 3.8) is 0 Å². The number of carbonyl (C=O) groups excluding carboxylic acids is 2. The van der Waals surface area contributed by atoms with Gasteiger partial charge in [-0.3, -0.25) is 9.69 Å². The second kappa shape index (κ2) is 5.96. The Balaban J connectivity index is 1.53. The molecule has 2 heterocycles. The van der Waals surface area contributed by atoms with E-state index in [2.05, 4.69) is 0 Å². The number of imide groups is 1. The molecule has 2 aliphatic rings. The lowest BCUT2D eigenvalue weighted by atomic mass is 10.2. The van der Waals surface area contributed by atoms with Crippen LogP contribution >= 0.6 is 0 Å². The van der Waals surface area contributed by atoms with Crippen molar-refractivity contribution in [1.29, 1.82) is 0 Å². The molecule has 0 aliphatic carbocycles. The minimum absolute atomic E-state index is 0.0173. The van der Waals surface area contributed by atoms with Gasteiger partial charge in [0.15, 0.2) is 0 Å². The highest BCUT2D eigenvalue weighted by molar-refractivity contribution is 6.04. The molecule has 0 unspecified atom stereocenters. The summed E-state index contributed by atoms with van der Waals surface area (Å²) in [6.07, 6.45) is 0.695. The first kappa shape index (κ1) is 14.8. The van der Waals surface area contributed by atoms with E-state index in [9.17, 15) is 14.7 Å². The van der Waals surface area contributed by atoms with Crippen LogP contribution < -0.4 is 4.74 Å². The van der Waals surface area contributed by atoms with Crippen molar-refractivity contribution < 1.29 is 19.4 Å². The molecule has 3 amide bonds. The molecular formula is C16H20N2O4. The molecule has 2 saturated heterocycles. The number of benzene rings is 1. The number of β-amino-alcohol motifs (C(OH)–C–C–N with tert-alkyl or cyclic N) is 1. The smallest absolute Gasteiger partial charge is 0.327 e. The molecule has 2 fully saturated rings. The predicted molar refractivity (Wildman–Crippen MR) is 79.5 cm³/mol. The SMILES string of the molecule is Cc1ccc(OC[C@H](O)CN2C(=O)[C@@H]3CCCN3C2=O)cc1. The summed E-state index contributed by atoms with van der Waals surface area (Å²) in [5.41, 5.74) is 1.13. The van der Waals surface area contributed by atoms with Gasteiger partial charge in [-0.2, -0.15) is 0 Å². The van der Waals surface area contributed by atoms with Gasteiger partial charge in [-0.1, -0.05) is 17.7 Å². The van der Waals surface area contributed by atoms with Crippen LogP contribution in [0, 0.1) is 6.92 Å². The molecule has 0 saturated carbocycles. The van der Waals surface area contributed by atoms with Gasteiger partial charge < -0.3 is 14.7 Å². The minimum Gasteiger partial charge on any atom is -0.491 e. The van der Waals surface area contributed by atoms with Crippen molar-refractivity contribution in [2.24, 2.45) is 0 Å². The Bertz CT molecular complexity index is 550. The maximum atomic E-state index is 12.2. The summed E-state index contributed by atoms with van der Waals surface area (Å²) >= 11 is 0. The van der Waals surface area contributed by atoms with Crippen LogP contribution in [0.15, 0.2) is 24.3 Å². The van der Waals surface area contributed by atoms with Crippen LogP contribution in [-0.2, 0) is 4.79 Å². The van der Waals surface area contributed by atoms with Gasteiger partial charge in [0, 0.05) is 6.54 Å². The molecule has 0 bridgehead atoms. The van der Waals surface area contributed by atoms with E-state index in [0.29, 0.717) is 12.3 Å². The van der Waals surface area contributed by atoms with Crippen LogP contribution in [0.5, 0.6) is 5.75 Å². The van der Waals surface area contributed by atoms with E-state index in [1.807, 2.05) is 31.2 Å². The summed E-state index contributed by atoms with van der Waals surface area (Å²) < 4.78 is 5.48. The molecule has 3 rings (SSSR count). The fourth-order valence-electron chi connectivity index (χ4n) is 2.94. The van der Waals surface area contributed by atoms with Crippen LogP contribution in [0.1, 0.15) is 18.4 Å². The van der Waals surface area contributed by atoms with Gasteiger partial charge in [0.05, 0.1) is 6.54 Å². The van der Waals surface area contributed by atoms with Crippen molar-refractivity contribution in [2.45, 2.75) is 31.9 Å². The first-order chi connectivity index (χ1) is 10.6. The van der Waals surface area contributed by atoms with Crippen molar-refractivity contribution in [3.05, 3.63) is 29.8 Å². The number of hydrogen-bond donors (Lipinski definition) is 1. The number of nitrogens with zero attached hydrogens (tertiary/aromatic N) is 2. The van der Waals surface area contributed by atoms with Crippen LogP contribution in [0.25, 0.3) is 0 Å². The van der Waals surface area contributed by atoms with Gasteiger partial charge >= 0.3 is 6.03 Å². The third-order valence-electron chi connectivity index (χ3n) is 4.14. The average molecular weight is 304 g/mol. The zero-order valence-electron chi connectivity index (χ0n) is 12.6. The Morgan fingerprint density at radius 3 is 2.73 bits per heavy atom. The molecule has 0 spiro atoms. The molecule has 118 valence electrons. The number of aliphatic hydroxyl groups excluding tert-OH is 1. The average Bonchev–Trinajstić information content (AvgIpc) is 3.07. The Morgan fingerprint density at radius 1 is 1.32 bits per heavy atom. The number of aliphatic hydroxyl groups is 1. The molecule has 1 aromatic carbocycles. The maximum Gasteiger partial charge on any atom is 0.327 e. The number of ether oxygens (including phenoxy) is 1. The molecule has 0 aromatic heterocycles. The van der Waals surface area contributed by atoms with Gasteiger partial charge in [0.1, 0.15) is 24.5 Å². The lowest BCUT2D eigenvalue weighted by Crippen LogP contribution is -2.41. The summed E-state index contributed by atoms with van der Waals surface area (Å²) in [6, 6.07) is 6.88. The van der Waals surface area contributed by atoms with Crippen molar-refractivity contribution >= 4 is 11.9 Å². The fraction of sp³-hybridized carbons (Fsp3) is 0.500. The summed E-state index contributed by atoms with van der Waals surface area (Å²) in [7, 11) is 0. The normalized spacial score (nSPS) is 22.2. The van der Waals surface area contributed by atoms with Crippen molar-refractivity contribution in [1.82, 2.24) is 9.80 Å². The third kappa shape index (κ3) is 2.78. The minimum atomic E-state index is -0.894. The molecule has 6 heteroatoms. The van der Waals surface area contributed by atoms with Gasteiger partial charge in [-0.25, -0.2) is 4.79 Å². The molecule has 2 aliphatic heterocycles. The third-order valence-corrected chi connectivity index (χ3v) is 4.14. The first-order valence-corrected chi connectivity index (χ1v) is 7.56. The first-order valence-electron chi connectivity index (χ1n) is 7.56. The largest absolute Gasteiger partial charge is 0.491 e. The Labute approximate surface area is 129 Å². The van der Waals surface area contributed by atoms with Crippen LogP contribution in [0.2, 0.25) is 0 Å². The van der Waals surface area contributed by atoms with E-state index in [0.717, 1.165) is 23.3 Å². The Morgan fingerprint density at radius 2 is 2.05 bits per heavy atom. The number of aryl methyl sites for hydroxylation is 1. The van der Waals surface area contributed by atoms with E-state index in [4.69, 9.17) is 4.74 Å². The van der Waals surface area contributed by atoms with Crippen molar-refractivity contribution in [3.8, 4) is 5.75 Å². The van der Waals surface area contributed by atoms with Crippen molar-refractivity contribution in [2.75, 3.05) is 19.7 Å². The Hall–Kier alpha value is -2.08. The monoisotopic (exact) mass is 304 g/mol. The number of hydrogen-bond acceptors (Lipinski definition) is 4. The number of rotatable bonds is 5. The topological polar surface area (TPSA) is 70.1 Å². The summed E-state index contributed by atoms with van der Waals surface area (Å²) in [5.74, 6) is 0.459. The van der Waals surface area contributed by atoms with Gasteiger partial charge in [0.25, 0.3) is 5.91 Å². The summed E-state index contributed by atoms with van der Waals surface area (Å²) in [5, 5.41) is 10.0. The number of urea groups is 1. The summed E-state index contributed by atoms with van der Waals surface area (Å²) in [4.78, 5) is 27.0. The molecule has 22 heavy (non-hydrogen) atoms. The number of amides is 3. The maximum absolute atomic E-state index is 12.2. The molecule has 2 atom stereocenters. The second-order valence-corrected chi connectivity index (χ2v) is 5.86. The Kier molecular flexibility index (Phi) is 4.02. The molecule has 6 nitrogen and oxygen atoms in total. The molecule has 1 aromatic rings. The highest BCUT2D eigenvalue weighted by atomic mass is 16.5. The molecular weight excluding hydrogens is 284 g/mol. The van der Waals surface area contributed by atoms with E-state index in [1.54, 1.807) is 4.90 Å². The van der Waals surface area contributed by atoms with E-state index in [1.165, 1.54) is 0 Å². The van der Waals surface area contributed by atoms with Crippen LogP contribution in [0.3, 0.4) is 0 Å². The predicted octanol–water partition coefficient (Wildman–Crippen LogP) is 1.16. The van der Waals surface area contributed by atoms with Crippen LogP contribution in [-0.4, -0.2) is 58.7 Å². The molecule has 0 radical (unpaired) electrons. The number of fused-ring (bicyclic) bond motifs is 1. The van der Waals surface area contributed by atoms with Gasteiger partial charge in [0.2, 0.25) is 0 Å². The van der Waals surface area contributed by atoms with Crippen LogP contribution in [0.4, 0.5) is 4.79 Å². The summed E-state index contributed by atoms with van der Waals surface area (Å²) in [6.45, 7) is 2.64. The quantitative estimate of drug-likeness (QED) is 0.829. The van der Waals surface area contributed by atoms with Gasteiger partial charge in [-0.15, -0.1) is 0 Å². The lowest BCUT2D eigenvalue weighted by Gasteiger charge is -2.19. The zero-order chi connectivity index (χ0) is 15.7. The highest BCUT2D eigenvalue weighted by Gasteiger charge is 2.47. The van der Waals surface area contributed by atoms with E-state index >= 15 is 0 Å². The van der Waals surface area contributed by atoms with E-state index in [-0.39, 0.29) is 31.1 Å². The lowest BCUT2D eigenvalue weighted by molar-refractivity contribution is -0.129. The second-order valence-electron chi connectivity index (χ2n) is 5.86. The zero-order valence-corrected chi connectivity index (χ0v) is 12.6. The fourth-order valence-corrected chi connectivity index (χ4v) is 2.94. The molecule has 1 N–H and O–H groups in total.